The number of aromatic nitrogens is 2. The number of esters is 1. The molecule has 1 amide bonds. The van der Waals surface area contributed by atoms with Gasteiger partial charge in [0, 0.05) is 11.9 Å². The molecule has 0 unspecified atom stereocenters. The molecule has 0 aliphatic carbocycles. The maximum absolute atomic E-state index is 12.3. The first kappa shape index (κ1) is 14.8. The van der Waals surface area contributed by atoms with Crippen LogP contribution in [0.1, 0.15) is 37.7 Å². The minimum absolute atomic E-state index is 0.330. The summed E-state index contributed by atoms with van der Waals surface area (Å²) in [5.74, 6) is -0.343. The van der Waals surface area contributed by atoms with Gasteiger partial charge < -0.3 is 15.0 Å². The van der Waals surface area contributed by atoms with Crippen LogP contribution in [0.15, 0.2) is 18.3 Å². The summed E-state index contributed by atoms with van der Waals surface area (Å²) in [4.78, 5) is 31.0. The van der Waals surface area contributed by atoms with Crippen LogP contribution in [0.2, 0.25) is 0 Å². The standard InChI is InChI=1S/C15H17N3O3/c1-8-5-6-16-11(7-8)18-14(19)13-9(2)12(10(3)17-13)15(20)21-4/h5-7,17H,1-4H3,(H,16,18,19). The normalized spacial score (nSPS) is 10.3. The number of carbonyl (C=O) groups is 2. The maximum atomic E-state index is 12.3. The van der Waals surface area contributed by atoms with Gasteiger partial charge in [-0.05, 0) is 44.0 Å². The second kappa shape index (κ2) is 5.78. The molecule has 2 aromatic rings. The summed E-state index contributed by atoms with van der Waals surface area (Å²) >= 11 is 0. The number of anilines is 1. The van der Waals surface area contributed by atoms with Crippen molar-refractivity contribution >= 4 is 17.7 Å². The summed E-state index contributed by atoms with van der Waals surface area (Å²) in [6, 6.07) is 3.61. The molecule has 0 aromatic carbocycles. The highest BCUT2D eigenvalue weighted by atomic mass is 16.5. The van der Waals surface area contributed by atoms with Crippen LogP contribution in [-0.4, -0.2) is 29.0 Å². The summed E-state index contributed by atoms with van der Waals surface area (Å²) in [6.45, 7) is 5.34. The molecule has 110 valence electrons. The first-order valence-electron chi connectivity index (χ1n) is 6.45. The van der Waals surface area contributed by atoms with Gasteiger partial charge in [0.05, 0.1) is 12.7 Å². The Bertz CT molecular complexity index is 704. The molecule has 2 heterocycles. The Labute approximate surface area is 122 Å². The van der Waals surface area contributed by atoms with Crippen LogP contribution < -0.4 is 5.32 Å². The van der Waals surface area contributed by atoms with Gasteiger partial charge in [-0.1, -0.05) is 0 Å². The number of carbonyl (C=O) groups excluding carboxylic acids is 2. The second-order valence-electron chi connectivity index (χ2n) is 4.79. The topological polar surface area (TPSA) is 84.1 Å². The molecule has 6 heteroatoms. The summed E-state index contributed by atoms with van der Waals surface area (Å²) in [7, 11) is 1.31. The zero-order chi connectivity index (χ0) is 15.6. The smallest absolute Gasteiger partial charge is 0.339 e. The number of nitrogens with zero attached hydrogens (tertiary/aromatic N) is 1. The van der Waals surface area contributed by atoms with Crippen LogP contribution >= 0.6 is 0 Å². The van der Waals surface area contributed by atoms with Crippen molar-refractivity contribution in [3.05, 3.63) is 46.4 Å². The maximum Gasteiger partial charge on any atom is 0.339 e. The first-order valence-corrected chi connectivity index (χ1v) is 6.45. The number of aryl methyl sites for hydroxylation is 2. The van der Waals surface area contributed by atoms with E-state index in [1.165, 1.54) is 7.11 Å². The second-order valence-corrected chi connectivity index (χ2v) is 4.79. The Morgan fingerprint density at radius 2 is 2.00 bits per heavy atom. The molecule has 0 saturated carbocycles. The van der Waals surface area contributed by atoms with Gasteiger partial charge in [0.25, 0.3) is 5.91 Å². The van der Waals surface area contributed by atoms with Gasteiger partial charge in [0.15, 0.2) is 0 Å². The van der Waals surface area contributed by atoms with Gasteiger partial charge in [-0.15, -0.1) is 0 Å². The van der Waals surface area contributed by atoms with Crippen molar-refractivity contribution in [2.24, 2.45) is 0 Å². The van der Waals surface area contributed by atoms with E-state index in [4.69, 9.17) is 4.74 Å². The monoisotopic (exact) mass is 287 g/mol. The van der Waals surface area contributed by atoms with Gasteiger partial charge >= 0.3 is 5.97 Å². The van der Waals surface area contributed by atoms with E-state index in [0.29, 0.717) is 28.3 Å². The minimum Gasteiger partial charge on any atom is -0.465 e. The number of hydrogen-bond acceptors (Lipinski definition) is 4. The molecule has 0 saturated heterocycles. The van der Waals surface area contributed by atoms with Crippen LogP contribution in [0.5, 0.6) is 0 Å². The Morgan fingerprint density at radius 3 is 2.62 bits per heavy atom. The molecule has 2 aromatic heterocycles. The number of pyridine rings is 1. The lowest BCUT2D eigenvalue weighted by Gasteiger charge is -2.05. The lowest BCUT2D eigenvalue weighted by atomic mass is 10.1. The van der Waals surface area contributed by atoms with E-state index in [9.17, 15) is 9.59 Å². The van der Waals surface area contributed by atoms with E-state index in [-0.39, 0.29) is 5.91 Å². The van der Waals surface area contributed by atoms with E-state index >= 15 is 0 Å². The third-order valence-electron chi connectivity index (χ3n) is 3.21. The van der Waals surface area contributed by atoms with Crippen molar-refractivity contribution in [2.45, 2.75) is 20.8 Å². The fraction of sp³-hybridized carbons (Fsp3) is 0.267. The van der Waals surface area contributed by atoms with E-state index in [1.807, 2.05) is 13.0 Å². The van der Waals surface area contributed by atoms with Crippen molar-refractivity contribution < 1.29 is 14.3 Å². The SMILES string of the molecule is COC(=O)c1c(C)[nH]c(C(=O)Nc2cc(C)ccn2)c1C. The number of methoxy groups -OCH3 is 1. The van der Waals surface area contributed by atoms with Gasteiger partial charge in [-0.3, -0.25) is 4.79 Å². The lowest BCUT2D eigenvalue weighted by molar-refractivity contribution is 0.0599. The predicted molar refractivity (Wildman–Crippen MR) is 78.5 cm³/mol. The number of aromatic amines is 1. The van der Waals surface area contributed by atoms with E-state index in [2.05, 4.69) is 15.3 Å². The molecule has 0 fully saturated rings. The fourth-order valence-electron chi connectivity index (χ4n) is 2.17. The quantitative estimate of drug-likeness (QED) is 0.849. The van der Waals surface area contributed by atoms with E-state index < -0.39 is 5.97 Å². The summed E-state index contributed by atoms with van der Waals surface area (Å²) in [5, 5.41) is 2.70. The number of ether oxygens (including phenoxy) is 1. The van der Waals surface area contributed by atoms with Crippen molar-refractivity contribution in [2.75, 3.05) is 12.4 Å². The number of nitrogens with one attached hydrogen (secondary N) is 2. The molecule has 21 heavy (non-hydrogen) atoms. The molecular formula is C15H17N3O3. The van der Waals surface area contributed by atoms with Crippen LogP contribution in [-0.2, 0) is 4.74 Å². The van der Waals surface area contributed by atoms with Gasteiger partial charge in [0.1, 0.15) is 11.5 Å². The Hall–Kier alpha value is -2.63. The zero-order valence-corrected chi connectivity index (χ0v) is 12.4. The highest BCUT2D eigenvalue weighted by molar-refractivity contribution is 6.06. The van der Waals surface area contributed by atoms with E-state index in [1.54, 1.807) is 26.1 Å². The molecule has 2 N–H and O–H groups in total. The van der Waals surface area contributed by atoms with Crippen molar-refractivity contribution in [1.82, 2.24) is 9.97 Å². The largest absolute Gasteiger partial charge is 0.465 e. The highest BCUT2D eigenvalue weighted by Crippen LogP contribution is 2.19. The van der Waals surface area contributed by atoms with Crippen LogP contribution in [0, 0.1) is 20.8 Å². The van der Waals surface area contributed by atoms with E-state index in [0.717, 1.165) is 5.56 Å². The summed E-state index contributed by atoms with van der Waals surface area (Å²) in [5.41, 5.74) is 2.87. The average Bonchev–Trinajstić information content (AvgIpc) is 2.73. The predicted octanol–water partition coefficient (Wildman–Crippen LogP) is 2.37. The molecular weight excluding hydrogens is 270 g/mol. The van der Waals surface area contributed by atoms with Gasteiger partial charge in [-0.2, -0.15) is 0 Å². The van der Waals surface area contributed by atoms with Gasteiger partial charge in [0.2, 0.25) is 0 Å². The number of rotatable bonds is 3. The minimum atomic E-state index is -0.464. The summed E-state index contributed by atoms with van der Waals surface area (Å²) < 4.78 is 4.72. The number of amides is 1. The number of H-pyrrole nitrogens is 1. The Balaban J connectivity index is 2.30. The zero-order valence-electron chi connectivity index (χ0n) is 12.4. The summed E-state index contributed by atoms with van der Waals surface area (Å²) in [6.07, 6.45) is 1.62. The average molecular weight is 287 g/mol. The number of hydrogen-bond donors (Lipinski definition) is 2. The first-order chi connectivity index (χ1) is 9.93. The Morgan fingerprint density at radius 1 is 1.29 bits per heavy atom. The Kier molecular flexibility index (Phi) is 4.07. The lowest BCUT2D eigenvalue weighted by Crippen LogP contribution is -2.15. The van der Waals surface area contributed by atoms with Crippen molar-refractivity contribution in [3.8, 4) is 0 Å². The molecule has 0 aliphatic heterocycles. The molecule has 0 bridgehead atoms. The van der Waals surface area contributed by atoms with Crippen LogP contribution in [0.3, 0.4) is 0 Å². The third kappa shape index (κ3) is 2.94. The molecule has 6 nitrogen and oxygen atoms in total. The molecule has 0 atom stereocenters. The third-order valence-corrected chi connectivity index (χ3v) is 3.21. The fourth-order valence-corrected chi connectivity index (χ4v) is 2.17. The van der Waals surface area contributed by atoms with Gasteiger partial charge in [-0.25, -0.2) is 9.78 Å². The van der Waals surface area contributed by atoms with Crippen molar-refractivity contribution in [1.29, 1.82) is 0 Å². The molecule has 0 aliphatic rings. The highest BCUT2D eigenvalue weighted by Gasteiger charge is 2.22. The van der Waals surface area contributed by atoms with Crippen LogP contribution in [0.4, 0.5) is 5.82 Å². The molecule has 0 spiro atoms. The molecule has 0 radical (unpaired) electrons. The van der Waals surface area contributed by atoms with Crippen LogP contribution in [0.25, 0.3) is 0 Å². The molecule has 2 rings (SSSR count). The van der Waals surface area contributed by atoms with Crippen molar-refractivity contribution in [3.63, 3.8) is 0 Å².